The van der Waals surface area contributed by atoms with Gasteiger partial charge in [-0.1, -0.05) is 22.9 Å². The van der Waals surface area contributed by atoms with Crippen molar-refractivity contribution in [2.45, 2.75) is 25.7 Å². The highest BCUT2D eigenvalue weighted by atomic mass is 79.9. The molecule has 0 radical (unpaired) electrons. The number of rotatable bonds is 2. The molecule has 2 atom stereocenters. The molecule has 0 aliphatic heterocycles. The number of aryl methyl sites for hydroxylation is 1. The molecule has 0 saturated heterocycles. The Morgan fingerprint density at radius 2 is 2.42 bits per heavy atom. The van der Waals surface area contributed by atoms with Crippen LogP contribution in [-0.4, -0.2) is 5.33 Å². The van der Waals surface area contributed by atoms with Crippen molar-refractivity contribution < 1.29 is 4.42 Å². The summed E-state index contributed by atoms with van der Waals surface area (Å²) in [7, 11) is 0. The van der Waals surface area contributed by atoms with Gasteiger partial charge in [-0.3, -0.25) is 0 Å². The van der Waals surface area contributed by atoms with Crippen LogP contribution in [0.25, 0.3) is 0 Å². The third-order valence-electron chi connectivity index (χ3n) is 2.90. The molecule has 1 saturated carbocycles. The van der Waals surface area contributed by atoms with Crippen molar-refractivity contribution >= 4 is 15.9 Å². The summed E-state index contributed by atoms with van der Waals surface area (Å²) in [4.78, 5) is 0. The van der Waals surface area contributed by atoms with Crippen LogP contribution in [0.5, 0.6) is 0 Å². The second-order valence-corrected chi connectivity index (χ2v) is 4.53. The zero-order valence-electron chi connectivity index (χ0n) is 7.43. The molecule has 1 heterocycles. The van der Waals surface area contributed by atoms with Crippen molar-refractivity contribution in [3.05, 3.63) is 23.7 Å². The first-order valence-electron chi connectivity index (χ1n) is 4.29. The fourth-order valence-electron chi connectivity index (χ4n) is 1.72. The minimum absolute atomic E-state index is 0.317. The molecule has 1 aliphatic carbocycles. The van der Waals surface area contributed by atoms with E-state index < -0.39 is 0 Å². The van der Waals surface area contributed by atoms with Gasteiger partial charge in [-0.25, -0.2) is 0 Å². The minimum atomic E-state index is 0.317. The maximum Gasteiger partial charge on any atom is 0.110 e. The number of hydrogen-bond acceptors (Lipinski definition) is 1. The van der Waals surface area contributed by atoms with Crippen molar-refractivity contribution in [1.29, 1.82) is 0 Å². The fraction of sp³-hybridized carbons (Fsp3) is 0.600. The summed E-state index contributed by atoms with van der Waals surface area (Å²) in [5.41, 5.74) is 0.317. The molecule has 0 spiro atoms. The Balaban J connectivity index is 2.22. The topological polar surface area (TPSA) is 13.1 Å². The van der Waals surface area contributed by atoms with E-state index in [1.54, 1.807) is 0 Å². The lowest BCUT2D eigenvalue weighted by atomic mass is 10.0. The van der Waals surface area contributed by atoms with Gasteiger partial charge < -0.3 is 4.42 Å². The zero-order valence-corrected chi connectivity index (χ0v) is 9.02. The maximum atomic E-state index is 5.62. The summed E-state index contributed by atoms with van der Waals surface area (Å²) >= 11 is 3.51. The second kappa shape index (κ2) is 2.63. The molecule has 1 aromatic rings. The number of halogens is 1. The van der Waals surface area contributed by atoms with Crippen LogP contribution in [0.3, 0.4) is 0 Å². The molecule has 1 nitrogen and oxygen atoms in total. The molecule has 2 unspecified atom stereocenters. The molecule has 66 valence electrons. The average Bonchev–Trinajstić information content (AvgIpc) is 2.50. The van der Waals surface area contributed by atoms with E-state index in [1.165, 1.54) is 6.42 Å². The second-order valence-electron chi connectivity index (χ2n) is 3.88. The average molecular weight is 229 g/mol. The molecule has 0 N–H and O–H groups in total. The Morgan fingerprint density at radius 1 is 1.67 bits per heavy atom. The predicted octanol–water partition coefficient (Wildman–Crippen LogP) is 3.26. The van der Waals surface area contributed by atoms with Crippen molar-refractivity contribution in [3.8, 4) is 0 Å². The molecule has 2 rings (SSSR count). The Kier molecular flexibility index (Phi) is 1.83. The highest BCUT2D eigenvalue weighted by Gasteiger charge is 2.52. The third-order valence-corrected chi connectivity index (χ3v) is 3.68. The molecule has 1 aromatic heterocycles. The maximum absolute atomic E-state index is 5.62. The SMILES string of the molecule is Cc1ccc(C2(C)CC2CBr)o1. The molecule has 1 aliphatic rings. The summed E-state index contributed by atoms with van der Waals surface area (Å²) in [6.07, 6.45) is 1.26. The molecule has 12 heavy (non-hydrogen) atoms. The number of furan rings is 1. The van der Waals surface area contributed by atoms with Gasteiger partial charge in [-0.05, 0) is 31.4 Å². The van der Waals surface area contributed by atoms with Crippen LogP contribution in [0.1, 0.15) is 24.9 Å². The van der Waals surface area contributed by atoms with Crippen molar-refractivity contribution in [2.24, 2.45) is 5.92 Å². The molecule has 0 amide bonds. The van der Waals surface area contributed by atoms with Gasteiger partial charge in [0.25, 0.3) is 0 Å². The van der Waals surface area contributed by atoms with Gasteiger partial charge in [0.05, 0.1) is 0 Å². The molecular weight excluding hydrogens is 216 g/mol. The zero-order chi connectivity index (χ0) is 8.77. The van der Waals surface area contributed by atoms with Crippen LogP contribution in [-0.2, 0) is 5.41 Å². The van der Waals surface area contributed by atoms with Gasteiger partial charge in [0.15, 0.2) is 0 Å². The molecule has 0 bridgehead atoms. The standard InChI is InChI=1S/C10H13BrO/c1-7-3-4-9(12-7)10(2)5-8(10)6-11/h3-4,8H,5-6H2,1-2H3. The smallest absolute Gasteiger partial charge is 0.110 e. The van der Waals surface area contributed by atoms with Crippen LogP contribution in [0, 0.1) is 12.8 Å². The summed E-state index contributed by atoms with van der Waals surface area (Å²) < 4.78 is 5.62. The van der Waals surface area contributed by atoms with Crippen molar-refractivity contribution in [3.63, 3.8) is 0 Å². The largest absolute Gasteiger partial charge is 0.466 e. The van der Waals surface area contributed by atoms with Crippen LogP contribution in [0.4, 0.5) is 0 Å². The summed E-state index contributed by atoms with van der Waals surface area (Å²) in [6.45, 7) is 4.27. The first-order valence-corrected chi connectivity index (χ1v) is 5.42. The van der Waals surface area contributed by atoms with Gasteiger partial charge >= 0.3 is 0 Å². The van der Waals surface area contributed by atoms with Crippen molar-refractivity contribution in [1.82, 2.24) is 0 Å². The van der Waals surface area contributed by atoms with E-state index >= 15 is 0 Å². The van der Waals surface area contributed by atoms with Gasteiger partial charge in [0, 0.05) is 10.7 Å². The molecule has 0 aromatic carbocycles. The Labute approximate surface area is 81.3 Å². The van der Waals surface area contributed by atoms with Crippen LogP contribution in [0.2, 0.25) is 0 Å². The number of hydrogen-bond donors (Lipinski definition) is 0. The highest BCUT2D eigenvalue weighted by molar-refractivity contribution is 9.09. The van der Waals surface area contributed by atoms with Gasteiger partial charge in [-0.2, -0.15) is 0 Å². The quantitative estimate of drug-likeness (QED) is 0.709. The predicted molar refractivity (Wildman–Crippen MR) is 52.7 cm³/mol. The Morgan fingerprint density at radius 3 is 2.83 bits per heavy atom. The highest BCUT2D eigenvalue weighted by Crippen LogP contribution is 2.54. The van der Waals surface area contributed by atoms with Gasteiger partial charge in [0.1, 0.15) is 11.5 Å². The summed E-state index contributed by atoms with van der Waals surface area (Å²) in [5.74, 6) is 2.94. The fourth-order valence-corrected chi connectivity index (χ4v) is 2.66. The Bertz CT molecular complexity index is 292. The third kappa shape index (κ3) is 1.13. The number of alkyl halides is 1. The lowest BCUT2D eigenvalue weighted by molar-refractivity contribution is 0.435. The van der Waals surface area contributed by atoms with E-state index in [2.05, 4.69) is 28.9 Å². The van der Waals surface area contributed by atoms with E-state index in [4.69, 9.17) is 4.42 Å². The van der Waals surface area contributed by atoms with Crippen LogP contribution in [0.15, 0.2) is 16.5 Å². The molecular formula is C10H13BrO. The first kappa shape index (κ1) is 8.36. The molecule has 2 heteroatoms. The van der Waals surface area contributed by atoms with E-state index in [0.717, 1.165) is 22.8 Å². The monoisotopic (exact) mass is 228 g/mol. The Hall–Kier alpha value is -0.240. The van der Waals surface area contributed by atoms with Crippen LogP contribution < -0.4 is 0 Å². The van der Waals surface area contributed by atoms with E-state index in [1.807, 2.05) is 13.0 Å². The van der Waals surface area contributed by atoms with Crippen molar-refractivity contribution in [2.75, 3.05) is 5.33 Å². The summed E-state index contributed by atoms with van der Waals surface area (Å²) in [5, 5.41) is 1.09. The summed E-state index contributed by atoms with van der Waals surface area (Å²) in [6, 6.07) is 4.15. The lowest BCUT2D eigenvalue weighted by Crippen LogP contribution is -2.02. The van der Waals surface area contributed by atoms with E-state index in [9.17, 15) is 0 Å². The minimum Gasteiger partial charge on any atom is -0.466 e. The normalized spacial score (nSPS) is 33.8. The van der Waals surface area contributed by atoms with Gasteiger partial charge in [-0.15, -0.1) is 0 Å². The van der Waals surface area contributed by atoms with Gasteiger partial charge in [0.2, 0.25) is 0 Å². The molecule has 1 fully saturated rings. The van der Waals surface area contributed by atoms with E-state index in [0.29, 0.717) is 5.41 Å². The lowest BCUT2D eigenvalue weighted by Gasteiger charge is -2.05. The first-order chi connectivity index (χ1) is 5.66. The van der Waals surface area contributed by atoms with E-state index in [-0.39, 0.29) is 0 Å². The van der Waals surface area contributed by atoms with Crippen LogP contribution >= 0.6 is 15.9 Å².